The topological polar surface area (TPSA) is 92.7 Å². The Hall–Kier alpha value is -2.63. The molecule has 0 aromatic rings. The van der Waals surface area contributed by atoms with E-state index in [1.807, 2.05) is 6.08 Å². The first kappa shape index (κ1) is 46.4. The molecule has 2 N–H and O–H groups in total. The Kier molecular flexibility index (Phi) is 36.1. The van der Waals surface area contributed by atoms with Gasteiger partial charge >= 0.3 is 11.9 Å². The molecule has 0 radical (unpaired) electrons. The zero-order valence-corrected chi connectivity index (χ0v) is 31.8. The van der Waals surface area contributed by atoms with Crippen molar-refractivity contribution in [1.29, 1.82) is 0 Å². The van der Waals surface area contributed by atoms with Gasteiger partial charge in [0.1, 0.15) is 12.6 Å². The minimum Gasteiger partial charge on any atom is -0.480 e. The van der Waals surface area contributed by atoms with E-state index in [0.717, 1.165) is 64.2 Å². The van der Waals surface area contributed by atoms with Crippen molar-refractivity contribution in [3.63, 3.8) is 0 Å². The van der Waals surface area contributed by atoms with Crippen molar-refractivity contribution in [1.82, 2.24) is 5.32 Å². The van der Waals surface area contributed by atoms with Crippen LogP contribution in [0.4, 0.5) is 0 Å². The summed E-state index contributed by atoms with van der Waals surface area (Å²) in [6, 6.07) is 0. The molecule has 282 valence electrons. The van der Waals surface area contributed by atoms with Crippen LogP contribution in [0.5, 0.6) is 0 Å². The normalized spacial score (nSPS) is 12.5. The molecular weight excluding hydrogens is 610 g/mol. The number of unbranched alkanes of at least 4 members (excludes halogenated alkanes) is 19. The summed E-state index contributed by atoms with van der Waals surface area (Å²) >= 11 is 0. The minimum absolute atomic E-state index is 0.105. The van der Waals surface area contributed by atoms with E-state index in [2.05, 4.69) is 61.7 Å². The average Bonchev–Trinajstić information content (AvgIpc) is 3.08. The highest BCUT2D eigenvalue weighted by Crippen LogP contribution is 2.15. The number of amides is 1. The van der Waals surface area contributed by atoms with Gasteiger partial charge in [0.2, 0.25) is 5.91 Å². The summed E-state index contributed by atoms with van der Waals surface area (Å²) in [5, 5.41) is 11.1. The van der Waals surface area contributed by atoms with E-state index in [4.69, 9.17) is 9.84 Å². The maximum atomic E-state index is 12.6. The Labute approximate surface area is 301 Å². The van der Waals surface area contributed by atoms with Gasteiger partial charge in [-0.1, -0.05) is 153 Å². The lowest BCUT2D eigenvalue weighted by molar-refractivity contribution is -0.147. The van der Waals surface area contributed by atoms with Gasteiger partial charge in [0, 0.05) is 12.8 Å². The average molecular weight is 686 g/mol. The van der Waals surface area contributed by atoms with Crippen LogP contribution in [0.3, 0.4) is 0 Å². The number of carboxylic acid groups (broad SMARTS) is 1. The maximum Gasteiger partial charge on any atom is 0.322 e. The largest absolute Gasteiger partial charge is 0.480 e. The van der Waals surface area contributed by atoms with Crippen LogP contribution in [0.2, 0.25) is 0 Å². The predicted octanol–water partition coefficient (Wildman–Crippen LogP) is 12.3. The number of hydrogen-bond donors (Lipinski definition) is 2. The number of rotatable bonds is 36. The number of carbonyl (C=O) groups is 3. The number of nitrogens with one attached hydrogen (secondary N) is 1. The molecule has 1 atom stereocenters. The van der Waals surface area contributed by atoms with E-state index < -0.39 is 5.97 Å². The summed E-state index contributed by atoms with van der Waals surface area (Å²) in [6.45, 7) is 4.13. The third-order valence-corrected chi connectivity index (χ3v) is 8.71. The fourth-order valence-electron chi connectivity index (χ4n) is 5.66. The van der Waals surface area contributed by atoms with Gasteiger partial charge in [-0.3, -0.25) is 14.4 Å². The second-order valence-corrected chi connectivity index (χ2v) is 13.5. The number of aliphatic carboxylic acids is 1. The quantitative estimate of drug-likeness (QED) is 0.0389. The summed E-state index contributed by atoms with van der Waals surface area (Å²) in [7, 11) is 0. The molecule has 49 heavy (non-hydrogen) atoms. The van der Waals surface area contributed by atoms with E-state index in [-0.39, 0.29) is 24.5 Å². The SMILES string of the molecule is CCCC/C=C\C/C=C\C(CCCCCCC(=O)NCC(=O)O)OC(=O)CCCCCCCCCCC/C=C\C/C=C\CCCCCCC. The predicted molar refractivity (Wildman–Crippen MR) is 208 cm³/mol. The van der Waals surface area contributed by atoms with Crippen molar-refractivity contribution < 1.29 is 24.2 Å². The lowest BCUT2D eigenvalue weighted by atomic mass is 10.1. The highest BCUT2D eigenvalue weighted by Gasteiger charge is 2.12. The molecule has 0 aliphatic carbocycles. The fourth-order valence-corrected chi connectivity index (χ4v) is 5.66. The maximum absolute atomic E-state index is 12.6. The van der Waals surface area contributed by atoms with Crippen LogP contribution in [0.25, 0.3) is 0 Å². The van der Waals surface area contributed by atoms with Crippen molar-refractivity contribution in [2.24, 2.45) is 0 Å². The lowest BCUT2D eigenvalue weighted by Gasteiger charge is -2.14. The molecule has 6 heteroatoms. The Morgan fingerprint density at radius 1 is 0.551 bits per heavy atom. The first-order valence-corrected chi connectivity index (χ1v) is 20.3. The third kappa shape index (κ3) is 38.0. The number of carbonyl (C=O) groups excluding carboxylic acids is 2. The van der Waals surface area contributed by atoms with Crippen LogP contribution in [-0.2, 0) is 19.1 Å². The van der Waals surface area contributed by atoms with Gasteiger partial charge in [0.15, 0.2) is 0 Å². The Balaban J connectivity index is 4.00. The Morgan fingerprint density at radius 2 is 1.02 bits per heavy atom. The molecule has 1 unspecified atom stereocenters. The van der Waals surface area contributed by atoms with Gasteiger partial charge in [0.05, 0.1) is 0 Å². The van der Waals surface area contributed by atoms with E-state index in [0.29, 0.717) is 12.8 Å². The monoisotopic (exact) mass is 686 g/mol. The summed E-state index contributed by atoms with van der Waals surface area (Å²) in [4.78, 5) is 34.8. The molecular formula is C43H75NO5. The van der Waals surface area contributed by atoms with Crippen molar-refractivity contribution >= 4 is 17.8 Å². The summed E-state index contributed by atoms with van der Waals surface area (Å²) in [5.41, 5.74) is 0. The zero-order valence-electron chi connectivity index (χ0n) is 31.8. The summed E-state index contributed by atoms with van der Waals surface area (Å²) in [6.07, 6.45) is 48.3. The standard InChI is InChI=1S/C43H75NO5/c1-3-5-7-9-11-12-13-14-15-16-17-18-19-20-21-22-23-24-26-28-34-38-43(48)49-40(35-31-27-25-10-8-6-4-2)36-32-29-30-33-37-41(45)44-39-42(46)47/h10,13-14,16-17,25,31,35,40H,3-9,11-12,15,18-24,26-30,32-34,36-39H2,1-2H3,(H,44,45)(H,46,47)/b14-13-,17-16-,25-10-,35-31-. The molecule has 0 rings (SSSR count). The zero-order chi connectivity index (χ0) is 35.9. The van der Waals surface area contributed by atoms with E-state index in [9.17, 15) is 14.4 Å². The van der Waals surface area contributed by atoms with Crippen LogP contribution in [0.15, 0.2) is 48.6 Å². The van der Waals surface area contributed by atoms with Gasteiger partial charge in [-0.25, -0.2) is 0 Å². The summed E-state index contributed by atoms with van der Waals surface area (Å²) < 4.78 is 5.86. The number of esters is 1. The van der Waals surface area contributed by atoms with Crippen molar-refractivity contribution in [2.75, 3.05) is 6.54 Å². The van der Waals surface area contributed by atoms with Crippen LogP contribution in [0.1, 0.15) is 194 Å². The van der Waals surface area contributed by atoms with Crippen molar-refractivity contribution in [2.45, 2.75) is 200 Å². The highest BCUT2D eigenvalue weighted by molar-refractivity contribution is 5.80. The van der Waals surface area contributed by atoms with Gasteiger partial charge in [0.25, 0.3) is 0 Å². The van der Waals surface area contributed by atoms with Crippen LogP contribution < -0.4 is 5.32 Å². The van der Waals surface area contributed by atoms with Gasteiger partial charge in [-0.2, -0.15) is 0 Å². The lowest BCUT2D eigenvalue weighted by Crippen LogP contribution is -2.28. The van der Waals surface area contributed by atoms with Crippen molar-refractivity contribution in [3.8, 4) is 0 Å². The molecule has 0 aromatic heterocycles. The van der Waals surface area contributed by atoms with Gasteiger partial charge < -0.3 is 15.2 Å². The molecule has 0 aliphatic heterocycles. The third-order valence-electron chi connectivity index (χ3n) is 8.71. The van der Waals surface area contributed by atoms with Crippen LogP contribution >= 0.6 is 0 Å². The Bertz CT molecular complexity index is 891. The first-order chi connectivity index (χ1) is 24.0. The highest BCUT2D eigenvalue weighted by atomic mass is 16.5. The fraction of sp³-hybridized carbons (Fsp3) is 0.744. The molecule has 0 aromatic carbocycles. The molecule has 0 saturated carbocycles. The van der Waals surface area contributed by atoms with Crippen LogP contribution in [0, 0.1) is 0 Å². The van der Waals surface area contributed by atoms with Gasteiger partial charge in [-0.15, -0.1) is 0 Å². The summed E-state index contributed by atoms with van der Waals surface area (Å²) in [5.74, 6) is -1.36. The molecule has 0 spiro atoms. The molecule has 0 fully saturated rings. The number of allylic oxidation sites excluding steroid dienone is 7. The molecule has 1 amide bonds. The minimum atomic E-state index is -1.03. The number of hydrogen-bond acceptors (Lipinski definition) is 4. The second-order valence-electron chi connectivity index (χ2n) is 13.5. The van der Waals surface area contributed by atoms with E-state index >= 15 is 0 Å². The Morgan fingerprint density at radius 3 is 1.59 bits per heavy atom. The van der Waals surface area contributed by atoms with Crippen LogP contribution in [-0.4, -0.2) is 35.6 Å². The molecule has 6 nitrogen and oxygen atoms in total. The number of carboxylic acids is 1. The van der Waals surface area contributed by atoms with Crippen molar-refractivity contribution in [3.05, 3.63) is 48.6 Å². The second kappa shape index (κ2) is 38.2. The first-order valence-electron chi connectivity index (χ1n) is 20.3. The molecule has 0 saturated heterocycles. The molecule has 0 aliphatic rings. The molecule has 0 bridgehead atoms. The number of ether oxygens (including phenoxy) is 1. The molecule has 0 heterocycles. The van der Waals surface area contributed by atoms with E-state index in [1.54, 1.807) is 0 Å². The van der Waals surface area contributed by atoms with E-state index in [1.165, 1.54) is 103 Å². The smallest absolute Gasteiger partial charge is 0.322 e. The van der Waals surface area contributed by atoms with Gasteiger partial charge in [-0.05, 0) is 76.7 Å².